The zero-order valence-electron chi connectivity index (χ0n) is 18.5. The molecule has 34 heavy (non-hydrogen) atoms. The lowest BCUT2D eigenvalue weighted by Crippen LogP contribution is -2.29. The number of aliphatic hydroxyl groups is 1. The zero-order valence-corrected chi connectivity index (χ0v) is 20.0. The molecule has 0 radical (unpaired) electrons. The van der Waals surface area contributed by atoms with Crippen LogP contribution in [-0.2, 0) is 16.1 Å². The molecule has 174 valence electrons. The minimum atomic E-state index is -0.906. The number of nitrogens with zero attached hydrogens (tertiary/aromatic N) is 2. The number of amides is 1. The van der Waals surface area contributed by atoms with Gasteiger partial charge in [0.25, 0.3) is 11.7 Å². The summed E-state index contributed by atoms with van der Waals surface area (Å²) in [5, 5.41) is 11.9. The Kier molecular flexibility index (Phi) is 6.91. The third kappa shape index (κ3) is 4.79. The second kappa shape index (κ2) is 9.87. The first-order chi connectivity index (χ1) is 16.3. The molecule has 3 aromatic rings. The number of aliphatic hydroxyl groups excluding tert-OH is 1. The number of likely N-dealkylation sites (tertiary alicyclic amines) is 1. The van der Waals surface area contributed by atoms with Gasteiger partial charge in [0, 0.05) is 34.5 Å². The molecule has 0 saturated carbocycles. The lowest BCUT2D eigenvalue weighted by molar-refractivity contribution is -0.140. The van der Waals surface area contributed by atoms with Gasteiger partial charge in [0.2, 0.25) is 0 Å². The maximum Gasteiger partial charge on any atom is 0.295 e. The summed E-state index contributed by atoms with van der Waals surface area (Å²) in [4.78, 5) is 31.8. The number of aromatic nitrogens is 1. The molecule has 6 nitrogen and oxygen atoms in total. The van der Waals surface area contributed by atoms with Gasteiger partial charge in [-0.05, 0) is 67.4 Å². The maximum absolute atomic E-state index is 13.2. The van der Waals surface area contributed by atoms with Crippen LogP contribution >= 0.6 is 23.2 Å². The average molecular weight is 497 g/mol. The highest BCUT2D eigenvalue weighted by Gasteiger charge is 2.46. The van der Waals surface area contributed by atoms with E-state index in [-0.39, 0.29) is 29.0 Å². The van der Waals surface area contributed by atoms with Gasteiger partial charge in [-0.25, -0.2) is 0 Å². The molecule has 1 aromatic heterocycles. The smallest absolute Gasteiger partial charge is 0.295 e. The van der Waals surface area contributed by atoms with E-state index in [0.29, 0.717) is 21.9 Å². The molecule has 8 heteroatoms. The molecule has 2 aromatic carbocycles. The fourth-order valence-corrected chi connectivity index (χ4v) is 4.41. The van der Waals surface area contributed by atoms with Crippen molar-refractivity contribution in [3.05, 3.63) is 99.3 Å². The number of hydrogen-bond donors (Lipinski definition) is 1. The van der Waals surface area contributed by atoms with Crippen molar-refractivity contribution in [1.29, 1.82) is 0 Å². The van der Waals surface area contributed by atoms with Gasteiger partial charge in [-0.3, -0.25) is 14.6 Å². The van der Waals surface area contributed by atoms with Gasteiger partial charge in [0.05, 0.1) is 17.7 Å². The summed E-state index contributed by atoms with van der Waals surface area (Å²) in [6.07, 6.45) is 3.23. The Bertz CT molecular complexity index is 1260. The first-order valence-corrected chi connectivity index (χ1v) is 11.4. The van der Waals surface area contributed by atoms with Crippen molar-refractivity contribution in [2.24, 2.45) is 0 Å². The molecular formula is C26H22Cl2N2O4. The van der Waals surface area contributed by atoms with Crippen LogP contribution in [0.15, 0.2) is 72.6 Å². The Morgan fingerprint density at radius 2 is 1.85 bits per heavy atom. The zero-order chi connectivity index (χ0) is 24.4. The van der Waals surface area contributed by atoms with E-state index >= 15 is 0 Å². The summed E-state index contributed by atoms with van der Waals surface area (Å²) in [5.74, 6) is -1.19. The van der Waals surface area contributed by atoms with Crippen molar-refractivity contribution in [2.45, 2.75) is 32.5 Å². The Balaban J connectivity index is 1.83. The Morgan fingerprint density at radius 3 is 2.47 bits per heavy atom. The molecule has 1 saturated heterocycles. The first-order valence-electron chi connectivity index (χ1n) is 10.7. The Morgan fingerprint density at radius 1 is 1.12 bits per heavy atom. The molecule has 4 rings (SSSR count). The number of rotatable bonds is 6. The highest BCUT2D eigenvalue weighted by molar-refractivity contribution is 6.47. The quantitative estimate of drug-likeness (QED) is 0.265. The van der Waals surface area contributed by atoms with Crippen molar-refractivity contribution in [1.82, 2.24) is 9.88 Å². The molecule has 1 aliphatic rings. The summed E-state index contributed by atoms with van der Waals surface area (Å²) in [6, 6.07) is 14.2. The fourth-order valence-electron chi connectivity index (χ4n) is 3.90. The van der Waals surface area contributed by atoms with Crippen LogP contribution in [0, 0.1) is 0 Å². The molecule has 2 heterocycles. The molecule has 1 atom stereocenters. The molecule has 0 unspecified atom stereocenters. The lowest BCUT2D eigenvalue weighted by atomic mass is 9.95. The van der Waals surface area contributed by atoms with Crippen molar-refractivity contribution >= 4 is 40.7 Å². The number of carbonyl (C=O) groups is 2. The summed E-state index contributed by atoms with van der Waals surface area (Å²) in [7, 11) is 0. The molecule has 0 bridgehead atoms. The van der Waals surface area contributed by atoms with Gasteiger partial charge in [0.1, 0.15) is 11.5 Å². The standard InChI is InChI=1S/C26H22Cl2N2O4/c1-15(2)34-19-8-5-17(6-9-19)24(31)22-23(20-10-7-18(27)12-21(20)28)30(26(33)25(22)32)14-16-4-3-11-29-13-16/h3-13,15,23,31H,14H2,1-2H3/t23-/m0/s1. The van der Waals surface area contributed by atoms with Gasteiger partial charge in [-0.15, -0.1) is 0 Å². The predicted molar refractivity (Wildman–Crippen MR) is 131 cm³/mol. The Labute approximate surface area is 207 Å². The van der Waals surface area contributed by atoms with Crippen LogP contribution in [0.1, 0.15) is 36.6 Å². The minimum Gasteiger partial charge on any atom is -0.507 e. The van der Waals surface area contributed by atoms with Crippen molar-refractivity contribution in [3.63, 3.8) is 0 Å². The van der Waals surface area contributed by atoms with Gasteiger partial charge in [0.15, 0.2) is 0 Å². The molecule has 1 aliphatic heterocycles. The SMILES string of the molecule is CC(C)Oc1ccc(C(O)=C2C(=O)C(=O)N(Cc3cccnc3)[C@H]2c2ccc(Cl)cc2Cl)cc1. The van der Waals surface area contributed by atoms with Crippen LogP contribution in [0.3, 0.4) is 0 Å². The van der Waals surface area contributed by atoms with Crippen molar-refractivity contribution < 1.29 is 19.4 Å². The number of Topliss-reactive ketones (excluding diaryl/α,β-unsaturated/α-hetero) is 1. The van der Waals surface area contributed by atoms with Crippen LogP contribution in [-0.4, -0.2) is 32.8 Å². The minimum absolute atomic E-state index is 0.00991. The molecule has 1 N–H and O–H groups in total. The number of carbonyl (C=O) groups excluding carboxylic acids is 2. The monoisotopic (exact) mass is 496 g/mol. The van der Waals surface area contributed by atoms with E-state index in [4.69, 9.17) is 27.9 Å². The summed E-state index contributed by atoms with van der Waals surface area (Å²) < 4.78 is 5.65. The summed E-state index contributed by atoms with van der Waals surface area (Å²) in [5.41, 5.74) is 1.55. The highest BCUT2D eigenvalue weighted by atomic mass is 35.5. The molecule has 0 spiro atoms. The van der Waals surface area contributed by atoms with Crippen LogP contribution in [0.2, 0.25) is 10.0 Å². The van der Waals surface area contributed by atoms with E-state index in [1.807, 2.05) is 13.8 Å². The molecule has 1 amide bonds. The lowest BCUT2D eigenvalue weighted by Gasteiger charge is -2.26. The highest BCUT2D eigenvalue weighted by Crippen LogP contribution is 2.43. The predicted octanol–water partition coefficient (Wildman–Crippen LogP) is 5.80. The Hall–Kier alpha value is -3.35. The first kappa shape index (κ1) is 23.8. The van der Waals surface area contributed by atoms with Crippen LogP contribution in [0.4, 0.5) is 0 Å². The normalized spacial score (nSPS) is 17.4. The second-order valence-electron chi connectivity index (χ2n) is 8.15. The average Bonchev–Trinajstić information content (AvgIpc) is 3.04. The number of ether oxygens (including phenoxy) is 1. The van der Waals surface area contributed by atoms with E-state index in [1.165, 1.54) is 4.90 Å². The number of benzene rings is 2. The second-order valence-corrected chi connectivity index (χ2v) is 8.99. The van der Waals surface area contributed by atoms with E-state index in [2.05, 4.69) is 4.98 Å². The van der Waals surface area contributed by atoms with Gasteiger partial charge in [-0.1, -0.05) is 35.3 Å². The van der Waals surface area contributed by atoms with Crippen LogP contribution in [0.25, 0.3) is 5.76 Å². The summed E-state index contributed by atoms with van der Waals surface area (Å²) in [6.45, 7) is 3.93. The van der Waals surface area contributed by atoms with Crippen molar-refractivity contribution in [2.75, 3.05) is 0 Å². The van der Waals surface area contributed by atoms with Gasteiger partial charge in [-0.2, -0.15) is 0 Å². The van der Waals surface area contributed by atoms with Crippen molar-refractivity contribution in [3.8, 4) is 5.75 Å². The van der Waals surface area contributed by atoms with Gasteiger partial charge >= 0.3 is 0 Å². The fraction of sp³-hybridized carbons (Fsp3) is 0.192. The van der Waals surface area contributed by atoms with E-state index in [1.54, 1.807) is 67.0 Å². The third-order valence-electron chi connectivity index (χ3n) is 5.37. The number of ketones is 1. The number of halogens is 2. The van der Waals surface area contributed by atoms with Crippen LogP contribution < -0.4 is 4.74 Å². The molecule has 1 fully saturated rings. The maximum atomic E-state index is 13.2. The largest absolute Gasteiger partial charge is 0.507 e. The van der Waals surface area contributed by atoms with E-state index < -0.39 is 17.7 Å². The number of pyridine rings is 1. The summed E-state index contributed by atoms with van der Waals surface area (Å²) >= 11 is 12.6. The third-order valence-corrected chi connectivity index (χ3v) is 5.93. The molecular weight excluding hydrogens is 475 g/mol. The van der Waals surface area contributed by atoms with Gasteiger partial charge < -0.3 is 14.7 Å². The van der Waals surface area contributed by atoms with E-state index in [9.17, 15) is 14.7 Å². The van der Waals surface area contributed by atoms with E-state index in [0.717, 1.165) is 5.56 Å². The molecule has 0 aliphatic carbocycles. The topological polar surface area (TPSA) is 79.7 Å². The van der Waals surface area contributed by atoms with Crippen LogP contribution in [0.5, 0.6) is 5.75 Å². The number of hydrogen-bond acceptors (Lipinski definition) is 5.